The normalized spacial score (nSPS) is 23.8. The fourth-order valence-electron chi connectivity index (χ4n) is 4.18. The van der Waals surface area contributed by atoms with E-state index in [4.69, 9.17) is 4.43 Å². The summed E-state index contributed by atoms with van der Waals surface area (Å²) in [5.74, 6) is 1.19. The van der Waals surface area contributed by atoms with Crippen molar-refractivity contribution >= 4 is 18.7 Å². The summed E-state index contributed by atoms with van der Waals surface area (Å²) in [4.78, 5) is 0. The molecule has 2 aromatic carbocycles. The fraction of sp³-hybridized carbons (Fsp3) is 0.417. The van der Waals surface area contributed by atoms with E-state index in [1.165, 1.54) is 10.4 Å². The molecule has 0 saturated carbocycles. The maximum atomic E-state index is 7.25. The van der Waals surface area contributed by atoms with Crippen molar-refractivity contribution < 1.29 is 4.43 Å². The summed E-state index contributed by atoms with van der Waals surface area (Å²) in [6, 6.07) is 21.9. The highest BCUT2D eigenvalue weighted by atomic mass is 28.4. The first-order valence-corrected chi connectivity index (χ1v) is 11.7. The van der Waals surface area contributed by atoms with Crippen LogP contribution in [-0.4, -0.2) is 14.4 Å². The van der Waals surface area contributed by atoms with Gasteiger partial charge < -0.3 is 4.43 Å². The van der Waals surface area contributed by atoms with Gasteiger partial charge in [0.1, 0.15) is 0 Å². The second-order valence-electron chi connectivity index (χ2n) is 8.75. The minimum Gasteiger partial charge on any atom is -0.401 e. The van der Waals surface area contributed by atoms with Gasteiger partial charge in [-0.3, -0.25) is 0 Å². The Balaban J connectivity index is 2.18. The van der Waals surface area contributed by atoms with Crippen LogP contribution in [0.2, 0.25) is 5.04 Å². The van der Waals surface area contributed by atoms with Crippen molar-refractivity contribution in [3.63, 3.8) is 0 Å². The zero-order chi connectivity index (χ0) is 18.8. The Bertz CT molecular complexity index is 690. The molecule has 0 aliphatic heterocycles. The number of allylic oxidation sites excluding steroid dienone is 1. The zero-order valence-electron chi connectivity index (χ0n) is 16.8. The van der Waals surface area contributed by atoms with Crippen LogP contribution in [0.25, 0.3) is 0 Å². The quantitative estimate of drug-likeness (QED) is 0.537. The van der Waals surface area contributed by atoms with Gasteiger partial charge in [0.05, 0.1) is 6.10 Å². The molecule has 0 bridgehead atoms. The van der Waals surface area contributed by atoms with E-state index < -0.39 is 8.32 Å². The van der Waals surface area contributed by atoms with Crippen molar-refractivity contribution in [3.8, 4) is 0 Å². The van der Waals surface area contributed by atoms with E-state index in [9.17, 15) is 0 Å². The lowest BCUT2D eigenvalue weighted by Gasteiger charge is -2.47. The largest absolute Gasteiger partial charge is 0.401 e. The third-order valence-corrected chi connectivity index (χ3v) is 11.0. The van der Waals surface area contributed by atoms with Gasteiger partial charge in [0.25, 0.3) is 8.32 Å². The standard InChI is InChI=1S/C24H32OSi/c1-19-13-12-18-23(20(19)2)25-26(24(3,4)5,21-14-8-6-9-15-21)22-16-10-7-11-17-22/h6-12,14-20,23H,13H2,1-5H3. The predicted octanol–water partition coefficient (Wildman–Crippen LogP) is 5.16. The number of benzene rings is 2. The Labute approximate surface area is 160 Å². The summed E-state index contributed by atoms with van der Waals surface area (Å²) in [7, 11) is -2.46. The Morgan fingerprint density at radius 3 is 1.81 bits per heavy atom. The lowest BCUT2D eigenvalue weighted by atomic mass is 9.84. The van der Waals surface area contributed by atoms with E-state index in [1.807, 2.05) is 0 Å². The van der Waals surface area contributed by atoms with E-state index in [0.29, 0.717) is 11.8 Å². The van der Waals surface area contributed by atoms with Gasteiger partial charge in [-0.15, -0.1) is 0 Å². The molecule has 0 radical (unpaired) electrons. The van der Waals surface area contributed by atoms with Gasteiger partial charge in [0, 0.05) is 0 Å². The molecular formula is C24H32OSi. The third kappa shape index (κ3) is 3.45. The van der Waals surface area contributed by atoms with Crippen molar-refractivity contribution in [3.05, 3.63) is 72.8 Å². The molecule has 138 valence electrons. The second-order valence-corrected chi connectivity index (χ2v) is 13.0. The second kappa shape index (κ2) is 7.54. The molecule has 0 spiro atoms. The fourth-order valence-corrected chi connectivity index (χ4v) is 8.90. The Kier molecular flexibility index (Phi) is 5.54. The van der Waals surface area contributed by atoms with Crippen LogP contribution in [0.4, 0.5) is 0 Å². The van der Waals surface area contributed by atoms with Crippen LogP contribution in [0.15, 0.2) is 72.8 Å². The summed E-state index contributed by atoms with van der Waals surface area (Å²) in [5.41, 5.74) is 0. The predicted molar refractivity (Wildman–Crippen MR) is 115 cm³/mol. The highest BCUT2D eigenvalue weighted by Crippen LogP contribution is 2.40. The zero-order valence-corrected chi connectivity index (χ0v) is 17.8. The molecule has 1 nitrogen and oxygen atoms in total. The van der Waals surface area contributed by atoms with Crippen LogP contribution in [0, 0.1) is 11.8 Å². The summed E-state index contributed by atoms with van der Waals surface area (Å²) < 4.78 is 7.25. The average Bonchev–Trinajstić information content (AvgIpc) is 2.63. The molecule has 2 heteroatoms. The van der Waals surface area contributed by atoms with E-state index in [1.54, 1.807) is 0 Å². The lowest BCUT2D eigenvalue weighted by molar-refractivity contribution is 0.132. The minimum absolute atomic E-state index is 0.0317. The van der Waals surface area contributed by atoms with Crippen LogP contribution in [0.1, 0.15) is 41.0 Å². The lowest BCUT2D eigenvalue weighted by Crippen LogP contribution is -2.68. The molecule has 0 fully saturated rings. The van der Waals surface area contributed by atoms with E-state index in [2.05, 4.69) is 107 Å². The minimum atomic E-state index is -2.46. The topological polar surface area (TPSA) is 9.23 Å². The maximum absolute atomic E-state index is 7.25. The first-order valence-electron chi connectivity index (χ1n) is 9.82. The Morgan fingerprint density at radius 1 is 0.846 bits per heavy atom. The SMILES string of the molecule is CC1CC=CC(O[Si](c2ccccc2)(c2ccccc2)C(C)(C)C)C1C. The highest BCUT2D eigenvalue weighted by Gasteiger charge is 2.52. The van der Waals surface area contributed by atoms with Gasteiger partial charge in [-0.25, -0.2) is 0 Å². The van der Waals surface area contributed by atoms with Crippen LogP contribution in [0.3, 0.4) is 0 Å². The van der Waals surface area contributed by atoms with Crippen LogP contribution in [-0.2, 0) is 4.43 Å². The van der Waals surface area contributed by atoms with Crippen molar-refractivity contribution in [1.82, 2.24) is 0 Å². The molecule has 0 N–H and O–H groups in total. The first-order chi connectivity index (χ1) is 12.4. The smallest absolute Gasteiger partial charge is 0.261 e. The molecule has 0 aromatic heterocycles. The molecule has 3 atom stereocenters. The molecule has 3 unspecified atom stereocenters. The Morgan fingerprint density at radius 2 is 1.35 bits per heavy atom. The molecular weight excluding hydrogens is 332 g/mol. The molecule has 0 heterocycles. The monoisotopic (exact) mass is 364 g/mol. The molecule has 1 aliphatic rings. The number of hydrogen-bond donors (Lipinski definition) is 0. The van der Waals surface area contributed by atoms with Gasteiger partial charge in [0.2, 0.25) is 0 Å². The third-order valence-electron chi connectivity index (χ3n) is 5.98. The summed E-state index contributed by atoms with van der Waals surface area (Å²) in [5, 5.41) is 2.75. The van der Waals surface area contributed by atoms with Crippen molar-refractivity contribution in [2.75, 3.05) is 0 Å². The summed E-state index contributed by atoms with van der Waals surface area (Å²) >= 11 is 0. The molecule has 2 aromatic rings. The van der Waals surface area contributed by atoms with Crippen LogP contribution < -0.4 is 10.4 Å². The maximum Gasteiger partial charge on any atom is 0.261 e. The van der Waals surface area contributed by atoms with Gasteiger partial charge in [-0.05, 0) is 33.7 Å². The van der Waals surface area contributed by atoms with Gasteiger partial charge >= 0.3 is 0 Å². The van der Waals surface area contributed by atoms with Gasteiger partial charge in [0.15, 0.2) is 0 Å². The molecule has 26 heavy (non-hydrogen) atoms. The van der Waals surface area contributed by atoms with Crippen LogP contribution >= 0.6 is 0 Å². The molecule has 0 saturated heterocycles. The molecule has 0 amide bonds. The van der Waals surface area contributed by atoms with Crippen molar-refractivity contribution in [2.45, 2.75) is 52.2 Å². The summed E-state index contributed by atoms with van der Waals surface area (Å²) in [6.45, 7) is 11.7. The van der Waals surface area contributed by atoms with Gasteiger partial charge in [-0.1, -0.05) is 107 Å². The average molecular weight is 365 g/mol. The van der Waals surface area contributed by atoms with Gasteiger partial charge in [-0.2, -0.15) is 0 Å². The number of hydrogen-bond acceptors (Lipinski definition) is 1. The molecule has 3 rings (SSSR count). The summed E-state index contributed by atoms with van der Waals surface area (Å²) in [6.07, 6.45) is 5.95. The number of rotatable bonds is 4. The first kappa shape index (κ1) is 19.1. The molecule has 1 aliphatic carbocycles. The van der Waals surface area contributed by atoms with E-state index in [0.717, 1.165) is 6.42 Å². The van der Waals surface area contributed by atoms with Crippen molar-refractivity contribution in [2.24, 2.45) is 11.8 Å². The Hall–Kier alpha value is -1.64. The highest BCUT2D eigenvalue weighted by molar-refractivity contribution is 6.99. The van der Waals surface area contributed by atoms with E-state index >= 15 is 0 Å². The van der Waals surface area contributed by atoms with E-state index in [-0.39, 0.29) is 11.1 Å². The van der Waals surface area contributed by atoms with Crippen LogP contribution in [0.5, 0.6) is 0 Å². The van der Waals surface area contributed by atoms with Crippen molar-refractivity contribution in [1.29, 1.82) is 0 Å².